The van der Waals surface area contributed by atoms with Crippen molar-refractivity contribution in [2.45, 2.75) is 6.18 Å². The van der Waals surface area contributed by atoms with Gasteiger partial charge < -0.3 is 0 Å². The molecule has 2 aromatic carbocycles. The van der Waals surface area contributed by atoms with Gasteiger partial charge in [-0.05, 0) is 23.8 Å². The van der Waals surface area contributed by atoms with E-state index in [0.29, 0.717) is 6.07 Å². The van der Waals surface area contributed by atoms with Gasteiger partial charge in [-0.25, -0.2) is 8.78 Å². The van der Waals surface area contributed by atoms with Gasteiger partial charge in [-0.1, -0.05) is 29.8 Å². The summed E-state index contributed by atoms with van der Waals surface area (Å²) in [6.07, 6.45) is -4.66. The van der Waals surface area contributed by atoms with E-state index in [1.165, 1.54) is 18.2 Å². The Morgan fingerprint density at radius 3 is 2.26 bits per heavy atom. The van der Waals surface area contributed by atoms with E-state index < -0.39 is 28.4 Å². The molecule has 0 saturated carbocycles. The van der Waals surface area contributed by atoms with Crippen molar-refractivity contribution in [3.8, 4) is 11.1 Å². The zero-order valence-electron chi connectivity index (χ0n) is 9.23. The van der Waals surface area contributed by atoms with E-state index in [-0.39, 0.29) is 11.1 Å². The second-order valence-corrected chi connectivity index (χ2v) is 4.20. The molecule has 0 radical (unpaired) electrons. The van der Waals surface area contributed by atoms with Crippen LogP contribution in [0, 0.1) is 11.6 Å². The van der Waals surface area contributed by atoms with E-state index in [4.69, 9.17) is 11.6 Å². The maximum absolute atomic E-state index is 13.5. The summed E-state index contributed by atoms with van der Waals surface area (Å²) in [6.45, 7) is 0. The summed E-state index contributed by atoms with van der Waals surface area (Å²) in [5, 5.41) is -0.493. The summed E-state index contributed by atoms with van der Waals surface area (Å²) in [5.74, 6) is -2.32. The summed E-state index contributed by atoms with van der Waals surface area (Å²) >= 11 is 5.45. The molecule has 0 atom stereocenters. The van der Waals surface area contributed by atoms with Gasteiger partial charge in [0.2, 0.25) is 0 Å². The van der Waals surface area contributed by atoms with Crippen LogP contribution in [0.5, 0.6) is 0 Å². The smallest absolute Gasteiger partial charge is 0.204 e. The van der Waals surface area contributed by atoms with Gasteiger partial charge in [-0.2, -0.15) is 13.2 Å². The first kappa shape index (κ1) is 13.8. The third kappa shape index (κ3) is 2.71. The van der Waals surface area contributed by atoms with Crippen LogP contribution in [0.4, 0.5) is 22.0 Å². The molecule has 0 aliphatic rings. The molecular weight excluding hydrogens is 287 g/mol. The van der Waals surface area contributed by atoms with Crippen LogP contribution in [-0.2, 0) is 6.18 Å². The first-order valence-electron chi connectivity index (χ1n) is 5.12. The highest BCUT2D eigenvalue weighted by molar-refractivity contribution is 6.31. The summed E-state index contributed by atoms with van der Waals surface area (Å²) in [4.78, 5) is 0. The molecule has 0 amide bonds. The normalized spacial score (nSPS) is 11.7. The van der Waals surface area contributed by atoms with Crippen LogP contribution in [0.25, 0.3) is 11.1 Å². The highest BCUT2D eigenvalue weighted by Gasteiger charge is 2.33. The summed E-state index contributed by atoms with van der Waals surface area (Å²) in [5.41, 5.74) is -1.42. The second kappa shape index (κ2) is 4.81. The van der Waals surface area contributed by atoms with Crippen molar-refractivity contribution in [3.63, 3.8) is 0 Å². The fourth-order valence-corrected chi connectivity index (χ4v) is 1.86. The van der Waals surface area contributed by atoms with Crippen molar-refractivity contribution in [2.24, 2.45) is 0 Å². The Hall–Kier alpha value is -1.62. The number of halogens is 6. The van der Waals surface area contributed by atoms with Gasteiger partial charge in [0.1, 0.15) is 0 Å². The van der Waals surface area contributed by atoms with Gasteiger partial charge in [-0.15, -0.1) is 0 Å². The SMILES string of the molecule is Fc1cccc(-c2ccc(Cl)c(C(F)(F)F)c2)c1F. The van der Waals surface area contributed by atoms with Crippen LogP contribution >= 0.6 is 11.6 Å². The van der Waals surface area contributed by atoms with E-state index in [9.17, 15) is 22.0 Å². The van der Waals surface area contributed by atoms with E-state index in [0.717, 1.165) is 12.1 Å². The van der Waals surface area contributed by atoms with Gasteiger partial charge in [0.05, 0.1) is 10.6 Å². The Morgan fingerprint density at radius 1 is 0.947 bits per heavy atom. The molecule has 0 heterocycles. The topological polar surface area (TPSA) is 0 Å². The van der Waals surface area contributed by atoms with Gasteiger partial charge in [0.15, 0.2) is 11.6 Å². The molecule has 0 aromatic heterocycles. The van der Waals surface area contributed by atoms with Gasteiger partial charge in [0.25, 0.3) is 0 Å². The lowest BCUT2D eigenvalue weighted by Crippen LogP contribution is -2.06. The lowest BCUT2D eigenvalue weighted by Gasteiger charge is -2.11. The largest absolute Gasteiger partial charge is 0.417 e. The van der Waals surface area contributed by atoms with E-state index in [1.54, 1.807) is 0 Å². The average molecular weight is 293 g/mol. The Morgan fingerprint density at radius 2 is 1.63 bits per heavy atom. The molecule has 0 N–H and O–H groups in total. The molecule has 19 heavy (non-hydrogen) atoms. The Kier molecular flexibility index (Phi) is 3.49. The highest BCUT2D eigenvalue weighted by Crippen LogP contribution is 2.37. The molecule has 0 aliphatic carbocycles. The zero-order chi connectivity index (χ0) is 14.2. The van der Waals surface area contributed by atoms with Crippen molar-refractivity contribution >= 4 is 11.6 Å². The molecule has 0 spiro atoms. The first-order chi connectivity index (χ1) is 8.80. The summed E-state index contributed by atoms with van der Waals surface area (Å²) in [7, 11) is 0. The Balaban J connectivity index is 2.62. The predicted molar refractivity (Wildman–Crippen MR) is 61.8 cm³/mol. The van der Waals surface area contributed by atoms with Crippen LogP contribution in [0.1, 0.15) is 5.56 Å². The minimum atomic E-state index is -4.66. The monoisotopic (exact) mass is 292 g/mol. The molecule has 6 heteroatoms. The third-order valence-electron chi connectivity index (χ3n) is 2.53. The highest BCUT2D eigenvalue weighted by atomic mass is 35.5. The van der Waals surface area contributed by atoms with Crippen LogP contribution in [0.15, 0.2) is 36.4 Å². The van der Waals surface area contributed by atoms with E-state index in [2.05, 4.69) is 0 Å². The lowest BCUT2D eigenvalue weighted by atomic mass is 10.0. The second-order valence-electron chi connectivity index (χ2n) is 3.79. The zero-order valence-corrected chi connectivity index (χ0v) is 9.99. The number of hydrogen-bond donors (Lipinski definition) is 0. The molecule has 2 aromatic rings. The molecule has 0 unspecified atom stereocenters. The number of rotatable bonds is 1. The molecular formula is C13H6ClF5. The van der Waals surface area contributed by atoms with Crippen LogP contribution in [-0.4, -0.2) is 0 Å². The van der Waals surface area contributed by atoms with Gasteiger partial charge >= 0.3 is 6.18 Å². The minimum Gasteiger partial charge on any atom is -0.204 e. The van der Waals surface area contributed by atoms with Crippen LogP contribution < -0.4 is 0 Å². The van der Waals surface area contributed by atoms with Crippen molar-refractivity contribution in [3.05, 3.63) is 58.6 Å². The first-order valence-corrected chi connectivity index (χ1v) is 5.49. The standard InChI is InChI=1S/C13H6ClF5/c14-10-5-4-7(6-9(10)13(17,18)19)8-2-1-3-11(15)12(8)16/h1-6H. The quantitative estimate of drug-likeness (QED) is 0.625. The predicted octanol–water partition coefficient (Wildman–Crippen LogP) is 5.30. The fraction of sp³-hybridized carbons (Fsp3) is 0.0769. The fourth-order valence-electron chi connectivity index (χ4n) is 1.64. The van der Waals surface area contributed by atoms with Crippen molar-refractivity contribution in [2.75, 3.05) is 0 Å². The minimum absolute atomic E-state index is 0.0891. The Labute approximate surface area is 110 Å². The molecule has 0 bridgehead atoms. The van der Waals surface area contributed by atoms with Crippen molar-refractivity contribution in [1.82, 2.24) is 0 Å². The molecule has 0 aliphatic heterocycles. The molecule has 0 nitrogen and oxygen atoms in total. The number of hydrogen-bond acceptors (Lipinski definition) is 0. The maximum Gasteiger partial charge on any atom is 0.417 e. The maximum atomic E-state index is 13.5. The molecule has 0 fully saturated rings. The number of alkyl halides is 3. The van der Waals surface area contributed by atoms with E-state index in [1.807, 2.05) is 0 Å². The Bertz CT molecular complexity index is 619. The summed E-state index contributed by atoms with van der Waals surface area (Å²) in [6, 6.07) is 6.20. The average Bonchev–Trinajstić information content (AvgIpc) is 2.32. The van der Waals surface area contributed by atoms with Crippen LogP contribution in [0.3, 0.4) is 0 Å². The van der Waals surface area contributed by atoms with Gasteiger partial charge in [0, 0.05) is 5.56 Å². The van der Waals surface area contributed by atoms with Crippen LogP contribution in [0.2, 0.25) is 5.02 Å². The lowest BCUT2D eigenvalue weighted by molar-refractivity contribution is -0.137. The van der Waals surface area contributed by atoms with Crippen molar-refractivity contribution in [1.29, 1.82) is 0 Å². The number of benzene rings is 2. The third-order valence-corrected chi connectivity index (χ3v) is 2.86. The van der Waals surface area contributed by atoms with Crippen molar-refractivity contribution < 1.29 is 22.0 Å². The molecule has 100 valence electrons. The van der Waals surface area contributed by atoms with E-state index >= 15 is 0 Å². The molecule has 0 saturated heterocycles. The molecule has 2 rings (SSSR count). The summed E-state index contributed by atoms with van der Waals surface area (Å²) < 4.78 is 64.6. The van der Waals surface area contributed by atoms with Gasteiger partial charge in [-0.3, -0.25) is 0 Å².